The van der Waals surface area contributed by atoms with E-state index in [1.165, 1.54) is 18.5 Å². The Hall–Kier alpha value is -2.86. The van der Waals surface area contributed by atoms with Gasteiger partial charge in [-0.3, -0.25) is 5.01 Å². The van der Waals surface area contributed by atoms with Crippen molar-refractivity contribution in [3.8, 4) is 11.1 Å². The molecule has 2 aromatic rings. The minimum absolute atomic E-state index is 0.399. The van der Waals surface area contributed by atoms with E-state index >= 15 is 0 Å². The zero-order valence-corrected chi connectivity index (χ0v) is 12.5. The zero-order chi connectivity index (χ0) is 16.1. The van der Waals surface area contributed by atoms with E-state index in [0.717, 1.165) is 16.7 Å². The fourth-order valence-electron chi connectivity index (χ4n) is 2.05. The molecule has 2 rings (SSSR count). The molecule has 22 heavy (non-hydrogen) atoms. The van der Waals surface area contributed by atoms with Crippen molar-refractivity contribution >= 4 is 18.0 Å². The third kappa shape index (κ3) is 3.42. The number of rotatable bonds is 4. The summed E-state index contributed by atoms with van der Waals surface area (Å²) in [6, 6.07) is 13.2. The molecular weight excluding hydrogens is 280 g/mol. The van der Waals surface area contributed by atoms with Crippen LogP contribution in [0.1, 0.15) is 15.9 Å². The van der Waals surface area contributed by atoms with Crippen molar-refractivity contribution < 1.29 is 9.53 Å². The summed E-state index contributed by atoms with van der Waals surface area (Å²) in [5, 5.41) is 4.62. The Bertz CT molecular complexity index is 696. The Kier molecular flexibility index (Phi) is 4.75. The minimum atomic E-state index is -0.437. The normalized spacial score (nSPS) is 10.7. The topological polar surface area (TPSA) is 93.9 Å². The molecule has 0 heterocycles. The van der Waals surface area contributed by atoms with Gasteiger partial charge < -0.3 is 10.6 Å². The van der Waals surface area contributed by atoms with Crippen LogP contribution in [-0.2, 0) is 4.74 Å². The molecular formula is C16H18N4O2. The van der Waals surface area contributed by atoms with Crippen molar-refractivity contribution in [3.05, 3.63) is 53.6 Å². The van der Waals surface area contributed by atoms with E-state index in [1.54, 1.807) is 12.1 Å². The van der Waals surface area contributed by atoms with E-state index in [4.69, 9.17) is 16.4 Å². The van der Waals surface area contributed by atoms with E-state index in [-0.39, 0.29) is 0 Å². The number of carbonyl (C=O) groups excluding carboxylic acids is 1. The van der Waals surface area contributed by atoms with Crippen LogP contribution in [0.15, 0.2) is 47.6 Å². The minimum Gasteiger partial charge on any atom is -0.465 e. The van der Waals surface area contributed by atoms with Crippen LogP contribution in [0.4, 0.5) is 5.69 Å². The molecule has 0 fully saturated rings. The monoisotopic (exact) mass is 298 g/mol. The van der Waals surface area contributed by atoms with Gasteiger partial charge in [-0.1, -0.05) is 29.8 Å². The van der Waals surface area contributed by atoms with Crippen LogP contribution in [0.25, 0.3) is 11.1 Å². The number of carbonyl (C=O) groups is 1. The second kappa shape index (κ2) is 6.73. The number of hydrazone groups is 1. The highest BCUT2D eigenvalue weighted by atomic mass is 16.5. The summed E-state index contributed by atoms with van der Waals surface area (Å²) in [7, 11) is 1.34. The predicted molar refractivity (Wildman–Crippen MR) is 87.3 cm³/mol. The van der Waals surface area contributed by atoms with Crippen molar-refractivity contribution in [1.82, 2.24) is 0 Å². The number of hydrogen-bond donors (Lipinski definition) is 2. The highest BCUT2D eigenvalue weighted by molar-refractivity contribution is 5.94. The molecule has 6 heteroatoms. The number of hydrogen-bond acceptors (Lipinski definition) is 5. The number of esters is 1. The maximum Gasteiger partial charge on any atom is 0.337 e. The van der Waals surface area contributed by atoms with Gasteiger partial charge in [-0.2, -0.15) is 5.10 Å². The SMILES string of the molecule is COC(=O)c1cc(-c2ccc(C)cc2)cc(N(N)/C=N\N)c1. The molecule has 0 saturated heterocycles. The first-order chi connectivity index (χ1) is 10.5. The summed E-state index contributed by atoms with van der Waals surface area (Å²) in [5.41, 5.74) is 3.95. The maximum absolute atomic E-state index is 11.8. The van der Waals surface area contributed by atoms with Gasteiger partial charge in [0.05, 0.1) is 18.4 Å². The van der Waals surface area contributed by atoms with Gasteiger partial charge in [0.2, 0.25) is 0 Å². The van der Waals surface area contributed by atoms with E-state index in [2.05, 4.69) is 5.10 Å². The number of hydrazine groups is 1. The van der Waals surface area contributed by atoms with Crippen LogP contribution < -0.4 is 16.7 Å². The van der Waals surface area contributed by atoms with E-state index < -0.39 is 5.97 Å². The standard InChI is InChI=1S/C16H18N4O2/c1-11-3-5-12(6-4-11)13-7-14(16(21)22-2)9-15(8-13)20(18)10-19-17/h3-10H,17-18H2,1-2H3/b19-10-. The van der Waals surface area contributed by atoms with Gasteiger partial charge in [0.15, 0.2) is 0 Å². The molecule has 0 unspecified atom stereocenters. The second-order valence-electron chi connectivity index (χ2n) is 4.80. The molecule has 0 atom stereocenters. The maximum atomic E-state index is 11.8. The number of aryl methyl sites for hydroxylation is 1. The Morgan fingerprint density at radius 3 is 2.45 bits per heavy atom. The fraction of sp³-hybridized carbons (Fsp3) is 0.125. The molecule has 0 aliphatic carbocycles. The summed E-state index contributed by atoms with van der Waals surface area (Å²) in [6.07, 6.45) is 1.26. The smallest absolute Gasteiger partial charge is 0.337 e. The summed E-state index contributed by atoms with van der Waals surface area (Å²) in [5.74, 6) is 10.5. The molecule has 0 bridgehead atoms. The molecule has 0 aliphatic heterocycles. The number of anilines is 1. The van der Waals surface area contributed by atoms with Crippen molar-refractivity contribution in [1.29, 1.82) is 0 Å². The van der Waals surface area contributed by atoms with Gasteiger partial charge in [-0.05, 0) is 36.2 Å². The molecule has 0 spiro atoms. The summed E-state index contributed by atoms with van der Waals surface area (Å²) < 4.78 is 4.78. The van der Waals surface area contributed by atoms with Gasteiger partial charge in [-0.25, -0.2) is 10.6 Å². The van der Waals surface area contributed by atoms with E-state index in [1.807, 2.05) is 37.3 Å². The zero-order valence-electron chi connectivity index (χ0n) is 12.5. The van der Waals surface area contributed by atoms with Crippen LogP contribution in [0.3, 0.4) is 0 Å². The third-order valence-electron chi connectivity index (χ3n) is 3.21. The lowest BCUT2D eigenvalue weighted by Gasteiger charge is -2.15. The number of ether oxygens (including phenoxy) is 1. The summed E-state index contributed by atoms with van der Waals surface area (Å²) >= 11 is 0. The van der Waals surface area contributed by atoms with Crippen LogP contribution in [-0.4, -0.2) is 19.4 Å². The quantitative estimate of drug-likeness (QED) is 0.296. The lowest BCUT2D eigenvalue weighted by molar-refractivity contribution is 0.0601. The van der Waals surface area contributed by atoms with Gasteiger partial charge in [0, 0.05) is 0 Å². The first-order valence-corrected chi connectivity index (χ1v) is 6.63. The molecule has 0 amide bonds. The van der Waals surface area contributed by atoms with Gasteiger partial charge >= 0.3 is 5.97 Å². The van der Waals surface area contributed by atoms with Gasteiger partial charge in [-0.15, -0.1) is 0 Å². The molecule has 4 N–H and O–H groups in total. The van der Waals surface area contributed by atoms with Crippen molar-refractivity contribution in [2.45, 2.75) is 6.92 Å². The Morgan fingerprint density at radius 2 is 1.86 bits per heavy atom. The lowest BCUT2D eigenvalue weighted by atomic mass is 10.0. The molecule has 114 valence electrons. The molecule has 0 aliphatic rings. The molecule has 0 aromatic heterocycles. The van der Waals surface area contributed by atoms with Crippen molar-refractivity contribution in [2.24, 2.45) is 16.8 Å². The lowest BCUT2D eigenvalue weighted by Crippen LogP contribution is -2.29. The molecule has 0 radical (unpaired) electrons. The highest BCUT2D eigenvalue weighted by Gasteiger charge is 2.12. The number of nitrogens with zero attached hydrogens (tertiary/aromatic N) is 2. The first-order valence-electron chi connectivity index (χ1n) is 6.63. The average molecular weight is 298 g/mol. The van der Waals surface area contributed by atoms with Crippen LogP contribution in [0, 0.1) is 6.92 Å². The number of methoxy groups -OCH3 is 1. The Balaban J connectivity index is 2.55. The molecule has 2 aromatic carbocycles. The average Bonchev–Trinajstić information content (AvgIpc) is 2.54. The Labute approximate surface area is 128 Å². The predicted octanol–water partition coefficient (Wildman–Crippen LogP) is 2.03. The van der Waals surface area contributed by atoms with Gasteiger partial charge in [0.1, 0.15) is 6.34 Å². The Morgan fingerprint density at radius 1 is 1.18 bits per heavy atom. The van der Waals surface area contributed by atoms with Gasteiger partial charge in [0.25, 0.3) is 0 Å². The summed E-state index contributed by atoms with van der Waals surface area (Å²) in [6.45, 7) is 2.01. The van der Waals surface area contributed by atoms with Crippen LogP contribution in [0.5, 0.6) is 0 Å². The fourth-order valence-corrected chi connectivity index (χ4v) is 2.05. The van der Waals surface area contributed by atoms with Crippen molar-refractivity contribution in [3.63, 3.8) is 0 Å². The summed E-state index contributed by atoms with van der Waals surface area (Å²) in [4.78, 5) is 11.8. The third-order valence-corrected chi connectivity index (χ3v) is 3.21. The van der Waals surface area contributed by atoms with E-state index in [9.17, 15) is 4.79 Å². The number of benzene rings is 2. The largest absolute Gasteiger partial charge is 0.465 e. The molecule has 0 saturated carbocycles. The number of nitrogens with two attached hydrogens (primary N) is 2. The second-order valence-corrected chi connectivity index (χ2v) is 4.80. The molecule has 6 nitrogen and oxygen atoms in total. The first kappa shape index (κ1) is 15.5. The van der Waals surface area contributed by atoms with Crippen molar-refractivity contribution in [2.75, 3.05) is 12.1 Å². The highest BCUT2D eigenvalue weighted by Crippen LogP contribution is 2.26. The van der Waals surface area contributed by atoms with Crippen LogP contribution >= 0.6 is 0 Å². The van der Waals surface area contributed by atoms with E-state index in [0.29, 0.717) is 11.3 Å². The van der Waals surface area contributed by atoms with Crippen LogP contribution in [0.2, 0.25) is 0 Å².